The van der Waals surface area contributed by atoms with Crippen LogP contribution in [0, 0.1) is 0 Å². The van der Waals surface area contributed by atoms with E-state index in [1.165, 1.54) is 10.2 Å². The molecule has 0 radical (unpaired) electrons. The summed E-state index contributed by atoms with van der Waals surface area (Å²) in [4.78, 5) is 16.0. The molecule has 1 atom stereocenters. The average Bonchev–Trinajstić information content (AvgIpc) is 3.34. The lowest BCUT2D eigenvalue weighted by Crippen LogP contribution is -2.47. The number of hydrogen-bond donors (Lipinski definition) is 2. The minimum atomic E-state index is -1.00. The van der Waals surface area contributed by atoms with Crippen LogP contribution in [0.3, 0.4) is 0 Å². The molecule has 0 saturated carbocycles. The molecular formula is C27H28N6O3. The first-order valence-electron chi connectivity index (χ1n) is 11.9. The van der Waals surface area contributed by atoms with Crippen molar-refractivity contribution < 1.29 is 15.0 Å². The highest BCUT2D eigenvalue weighted by molar-refractivity contribution is 5.67. The van der Waals surface area contributed by atoms with Crippen molar-refractivity contribution in [3.8, 4) is 17.1 Å². The summed E-state index contributed by atoms with van der Waals surface area (Å²) in [5.74, 6) is -0.354. The molecule has 9 nitrogen and oxygen atoms in total. The number of carbonyl (C=O) groups is 1. The number of rotatable bonds is 8. The first kappa shape index (κ1) is 23.7. The molecule has 2 N–H and O–H groups in total. The zero-order valence-electron chi connectivity index (χ0n) is 19.8. The van der Waals surface area contributed by atoms with Crippen molar-refractivity contribution in [1.82, 2.24) is 30.0 Å². The van der Waals surface area contributed by atoms with Crippen LogP contribution in [0.25, 0.3) is 11.4 Å². The van der Waals surface area contributed by atoms with Gasteiger partial charge < -0.3 is 10.2 Å². The topological polar surface area (TPSA) is 108 Å². The van der Waals surface area contributed by atoms with Crippen molar-refractivity contribution in [2.45, 2.75) is 19.1 Å². The normalized spacial score (nSPS) is 15.6. The lowest BCUT2D eigenvalue weighted by Gasteiger charge is -2.40. The monoisotopic (exact) mass is 484 g/mol. The van der Waals surface area contributed by atoms with E-state index < -0.39 is 5.97 Å². The molecular weight excluding hydrogens is 456 g/mol. The molecule has 1 saturated heterocycles. The van der Waals surface area contributed by atoms with E-state index in [0.717, 1.165) is 49.4 Å². The van der Waals surface area contributed by atoms with Crippen molar-refractivity contribution in [3.63, 3.8) is 0 Å². The van der Waals surface area contributed by atoms with E-state index in [4.69, 9.17) is 5.11 Å². The van der Waals surface area contributed by atoms with Gasteiger partial charge in [-0.25, -0.2) is 4.68 Å². The number of aromatic nitrogens is 4. The molecule has 0 spiro atoms. The molecule has 1 aliphatic heterocycles. The van der Waals surface area contributed by atoms with Crippen LogP contribution in [-0.2, 0) is 17.9 Å². The summed E-state index contributed by atoms with van der Waals surface area (Å²) in [5, 5.41) is 30.7. The predicted molar refractivity (Wildman–Crippen MR) is 134 cm³/mol. The van der Waals surface area contributed by atoms with E-state index in [9.17, 15) is 9.90 Å². The number of phenols is 1. The van der Waals surface area contributed by atoms with Crippen molar-refractivity contribution in [3.05, 3.63) is 95.6 Å². The van der Waals surface area contributed by atoms with Gasteiger partial charge in [0.05, 0.1) is 6.04 Å². The number of benzene rings is 3. The van der Waals surface area contributed by atoms with Gasteiger partial charge >= 0.3 is 5.97 Å². The fraction of sp³-hybridized carbons (Fsp3) is 0.259. The average molecular weight is 485 g/mol. The van der Waals surface area contributed by atoms with Crippen molar-refractivity contribution in [2.75, 3.05) is 26.2 Å². The van der Waals surface area contributed by atoms with Crippen molar-refractivity contribution in [2.24, 2.45) is 0 Å². The standard InChI is InChI=1S/C27H28N6O3/c34-24-8-4-7-23(17-24)26(32-15-13-31(14-16-32)18-20-5-2-1-3-6-20)21-9-11-22(12-10-21)27-28-29-30-33(27)19-25(35)36/h1-12,17,26,34H,13-16,18-19H2,(H,35,36). The largest absolute Gasteiger partial charge is 0.508 e. The number of tetrazole rings is 1. The number of phenolic OH excluding ortho intramolecular Hbond substituents is 1. The number of piperazine rings is 1. The van der Waals surface area contributed by atoms with Gasteiger partial charge in [-0.05, 0) is 39.2 Å². The lowest BCUT2D eigenvalue weighted by atomic mass is 9.95. The summed E-state index contributed by atoms with van der Waals surface area (Å²) in [6, 6.07) is 25.8. The first-order valence-corrected chi connectivity index (χ1v) is 11.9. The van der Waals surface area contributed by atoms with Gasteiger partial charge in [-0.1, -0.05) is 66.7 Å². The molecule has 1 unspecified atom stereocenters. The maximum Gasteiger partial charge on any atom is 0.325 e. The Kier molecular flexibility index (Phi) is 7.01. The van der Waals surface area contributed by atoms with Gasteiger partial charge in [-0.15, -0.1) is 5.10 Å². The third-order valence-electron chi connectivity index (χ3n) is 6.51. The maximum atomic E-state index is 11.1. The Balaban J connectivity index is 1.37. The van der Waals surface area contributed by atoms with Crippen LogP contribution in [0.4, 0.5) is 0 Å². The van der Waals surface area contributed by atoms with Gasteiger partial charge in [0, 0.05) is 38.3 Å². The van der Waals surface area contributed by atoms with Crippen LogP contribution in [0.5, 0.6) is 5.75 Å². The predicted octanol–water partition coefficient (Wildman–Crippen LogP) is 3.04. The highest BCUT2D eigenvalue weighted by Crippen LogP contribution is 2.32. The van der Waals surface area contributed by atoms with E-state index in [2.05, 4.69) is 49.6 Å². The molecule has 9 heteroatoms. The van der Waals surface area contributed by atoms with E-state index in [-0.39, 0.29) is 18.3 Å². The Morgan fingerprint density at radius 2 is 1.64 bits per heavy atom. The van der Waals surface area contributed by atoms with Crippen LogP contribution < -0.4 is 0 Å². The fourth-order valence-corrected chi connectivity index (χ4v) is 4.79. The quantitative estimate of drug-likeness (QED) is 0.393. The molecule has 0 aliphatic carbocycles. The van der Waals surface area contributed by atoms with Crippen molar-refractivity contribution in [1.29, 1.82) is 0 Å². The Morgan fingerprint density at radius 3 is 2.33 bits per heavy atom. The second kappa shape index (κ2) is 10.7. The van der Waals surface area contributed by atoms with E-state index in [1.54, 1.807) is 6.07 Å². The summed E-state index contributed by atoms with van der Waals surface area (Å²) >= 11 is 0. The zero-order valence-corrected chi connectivity index (χ0v) is 19.8. The minimum absolute atomic E-state index is 0.0277. The summed E-state index contributed by atoms with van der Waals surface area (Å²) in [5.41, 5.74) is 4.16. The molecule has 0 bridgehead atoms. The smallest absolute Gasteiger partial charge is 0.325 e. The molecule has 0 amide bonds. The van der Waals surface area contributed by atoms with Gasteiger partial charge in [0.1, 0.15) is 12.3 Å². The zero-order chi connectivity index (χ0) is 24.9. The highest BCUT2D eigenvalue weighted by Gasteiger charge is 2.27. The number of carboxylic acid groups (broad SMARTS) is 1. The van der Waals surface area contributed by atoms with E-state index in [0.29, 0.717) is 5.82 Å². The molecule has 1 aromatic heterocycles. The Bertz CT molecular complexity index is 1300. The first-order chi connectivity index (χ1) is 17.6. The van der Waals surface area contributed by atoms with Gasteiger partial charge in [0.25, 0.3) is 0 Å². The summed E-state index contributed by atoms with van der Waals surface area (Å²) in [6.07, 6.45) is 0. The van der Waals surface area contributed by atoms with E-state index in [1.807, 2.05) is 48.5 Å². The van der Waals surface area contributed by atoms with E-state index >= 15 is 0 Å². The van der Waals surface area contributed by atoms with Crippen molar-refractivity contribution >= 4 is 5.97 Å². The summed E-state index contributed by atoms with van der Waals surface area (Å²) in [7, 11) is 0. The third kappa shape index (κ3) is 5.42. The SMILES string of the molecule is O=C(O)Cn1nnnc1-c1ccc(C(c2cccc(O)c2)N2CCN(Cc3ccccc3)CC2)cc1. The van der Waals surface area contributed by atoms with Crippen LogP contribution in [0.15, 0.2) is 78.9 Å². The Labute approximate surface area is 209 Å². The van der Waals surface area contributed by atoms with Gasteiger partial charge in [0.2, 0.25) is 0 Å². The molecule has 1 fully saturated rings. The van der Waals surface area contributed by atoms with Gasteiger partial charge in [-0.3, -0.25) is 14.6 Å². The number of aliphatic carboxylic acids is 1. The Hall–Kier alpha value is -4.08. The third-order valence-corrected chi connectivity index (χ3v) is 6.51. The van der Waals surface area contributed by atoms with Crippen LogP contribution in [0.2, 0.25) is 0 Å². The fourth-order valence-electron chi connectivity index (χ4n) is 4.79. The summed E-state index contributed by atoms with van der Waals surface area (Å²) < 4.78 is 1.27. The molecule has 5 rings (SSSR count). The molecule has 184 valence electrons. The lowest BCUT2D eigenvalue weighted by molar-refractivity contribution is -0.137. The number of hydrogen-bond acceptors (Lipinski definition) is 7. The molecule has 36 heavy (non-hydrogen) atoms. The maximum absolute atomic E-state index is 11.1. The van der Waals surface area contributed by atoms with Crippen LogP contribution in [-0.4, -0.2) is 72.4 Å². The second-order valence-electron chi connectivity index (χ2n) is 8.97. The highest BCUT2D eigenvalue weighted by atomic mass is 16.4. The molecule has 3 aromatic carbocycles. The second-order valence-corrected chi connectivity index (χ2v) is 8.97. The number of aromatic hydroxyl groups is 1. The molecule has 1 aliphatic rings. The van der Waals surface area contributed by atoms with Crippen LogP contribution in [0.1, 0.15) is 22.7 Å². The minimum Gasteiger partial charge on any atom is -0.508 e. The molecule has 4 aromatic rings. The molecule has 2 heterocycles. The van der Waals surface area contributed by atoms with Crippen LogP contribution >= 0.6 is 0 Å². The van der Waals surface area contributed by atoms with Gasteiger partial charge in [-0.2, -0.15) is 0 Å². The summed E-state index contributed by atoms with van der Waals surface area (Å²) in [6.45, 7) is 4.32. The van der Waals surface area contributed by atoms with Gasteiger partial charge in [0.15, 0.2) is 5.82 Å². The number of carboxylic acids is 1. The Morgan fingerprint density at radius 1 is 0.889 bits per heavy atom. The number of nitrogens with zero attached hydrogens (tertiary/aromatic N) is 6.